The zero-order valence-electron chi connectivity index (χ0n) is 19.1. The molecule has 35 heavy (non-hydrogen) atoms. The van der Waals surface area contributed by atoms with Gasteiger partial charge in [0.1, 0.15) is 18.2 Å². The van der Waals surface area contributed by atoms with Gasteiger partial charge in [-0.15, -0.1) is 0 Å². The molecule has 6 nitrogen and oxygen atoms in total. The Hall–Kier alpha value is -3.81. The van der Waals surface area contributed by atoms with Gasteiger partial charge in [-0.2, -0.15) is 0 Å². The van der Waals surface area contributed by atoms with Crippen LogP contribution in [0.15, 0.2) is 78.9 Å². The Labute approximate surface area is 209 Å². The molecule has 180 valence electrons. The lowest BCUT2D eigenvalue weighted by atomic mass is 10.1. The number of hydrogen-bond acceptors (Lipinski definition) is 6. The molecule has 0 aliphatic heterocycles. The molecule has 0 saturated carbocycles. The summed E-state index contributed by atoms with van der Waals surface area (Å²) in [6.45, 7) is 1.46. The molecule has 0 unspecified atom stereocenters. The molecule has 0 aliphatic carbocycles. The molecule has 0 saturated heterocycles. The highest BCUT2D eigenvalue weighted by molar-refractivity contribution is 6.30. The summed E-state index contributed by atoms with van der Waals surface area (Å²) < 4.78 is 13.4. The van der Waals surface area contributed by atoms with Crippen LogP contribution in [0.25, 0.3) is 11.3 Å². The van der Waals surface area contributed by atoms with E-state index < -0.39 is 6.67 Å². The number of phenolic OH excluding ortho intramolecular Hbond substituents is 1. The molecule has 4 aromatic rings. The summed E-state index contributed by atoms with van der Waals surface area (Å²) in [4.78, 5) is 4.50. The number of anilines is 4. The van der Waals surface area contributed by atoms with E-state index in [9.17, 15) is 9.50 Å². The van der Waals surface area contributed by atoms with Gasteiger partial charge in [0.05, 0.1) is 5.69 Å². The van der Waals surface area contributed by atoms with Crippen molar-refractivity contribution in [3.05, 3.63) is 95.0 Å². The number of halogens is 2. The summed E-state index contributed by atoms with van der Waals surface area (Å²) in [5.41, 5.74) is 10.9. The fraction of sp³-hybridized carbons (Fsp3) is 0.148. The molecule has 0 bridgehead atoms. The van der Waals surface area contributed by atoms with Crippen molar-refractivity contribution in [3.8, 4) is 17.0 Å². The van der Waals surface area contributed by atoms with E-state index in [1.165, 1.54) is 0 Å². The number of nitrogen functional groups attached to an aromatic ring is 1. The number of alkyl halides is 1. The van der Waals surface area contributed by atoms with Gasteiger partial charge in [0.15, 0.2) is 0 Å². The van der Waals surface area contributed by atoms with Gasteiger partial charge in [-0.05, 0) is 54.6 Å². The minimum atomic E-state index is -0.649. The van der Waals surface area contributed by atoms with Crippen LogP contribution < -0.4 is 21.7 Å². The van der Waals surface area contributed by atoms with Gasteiger partial charge in [-0.25, -0.2) is 9.37 Å². The molecule has 3 aromatic carbocycles. The lowest BCUT2D eigenvalue weighted by Gasteiger charge is -2.14. The first-order valence-corrected chi connectivity index (χ1v) is 11.6. The normalized spacial score (nSPS) is 10.8. The van der Waals surface area contributed by atoms with E-state index in [1.54, 1.807) is 36.4 Å². The van der Waals surface area contributed by atoms with Crippen LogP contribution in [0.3, 0.4) is 0 Å². The molecular weight excluding hydrogens is 465 g/mol. The Morgan fingerprint density at radius 2 is 1.71 bits per heavy atom. The standard InChI is InChI=1S/C27H27ClFN5O/c28-20-7-10-24(19(14-20)16-29)33-22-8-11-26(35)23(15-22)25-9-6-18(27(30)34-25)17-31-12-13-32-21-4-2-1-3-5-21/h1-11,14-15,31-33,35H,12-13,16-17H2,(H2,30,34). The van der Waals surface area contributed by atoms with Crippen LogP contribution in [-0.2, 0) is 13.2 Å². The van der Waals surface area contributed by atoms with Crippen LogP contribution in [0, 0.1) is 0 Å². The third-order valence-electron chi connectivity index (χ3n) is 5.50. The van der Waals surface area contributed by atoms with Crippen LogP contribution in [-0.4, -0.2) is 23.2 Å². The molecule has 1 heterocycles. The van der Waals surface area contributed by atoms with E-state index in [-0.39, 0.29) is 5.75 Å². The number of nitrogens with one attached hydrogen (secondary N) is 3. The van der Waals surface area contributed by atoms with Crippen molar-refractivity contribution >= 4 is 34.5 Å². The minimum absolute atomic E-state index is 0.0714. The van der Waals surface area contributed by atoms with Crippen LogP contribution in [0.2, 0.25) is 5.02 Å². The van der Waals surface area contributed by atoms with Crippen molar-refractivity contribution in [2.45, 2.75) is 13.2 Å². The van der Waals surface area contributed by atoms with E-state index in [0.717, 1.165) is 24.3 Å². The maximum absolute atomic E-state index is 13.4. The van der Waals surface area contributed by atoms with Gasteiger partial charge in [0.2, 0.25) is 0 Å². The summed E-state index contributed by atoms with van der Waals surface area (Å²) in [7, 11) is 0. The molecule has 0 spiro atoms. The second kappa shape index (κ2) is 11.6. The third kappa shape index (κ3) is 6.41. The van der Waals surface area contributed by atoms with Gasteiger partial charge < -0.3 is 26.8 Å². The lowest BCUT2D eigenvalue weighted by Crippen LogP contribution is -2.22. The van der Waals surface area contributed by atoms with Crippen molar-refractivity contribution in [1.29, 1.82) is 0 Å². The van der Waals surface area contributed by atoms with Crippen molar-refractivity contribution in [2.75, 3.05) is 29.5 Å². The zero-order chi connectivity index (χ0) is 24.6. The monoisotopic (exact) mass is 491 g/mol. The summed E-state index contributed by atoms with van der Waals surface area (Å²) in [5.74, 6) is 0.461. The molecule has 8 heteroatoms. The van der Waals surface area contributed by atoms with Crippen molar-refractivity contribution in [1.82, 2.24) is 10.3 Å². The number of phenols is 1. The number of benzene rings is 3. The number of pyridine rings is 1. The van der Waals surface area contributed by atoms with Crippen LogP contribution >= 0.6 is 11.6 Å². The average molecular weight is 492 g/mol. The van der Waals surface area contributed by atoms with Crippen molar-refractivity contribution in [2.24, 2.45) is 0 Å². The highest BCUT2D eigenvalue weighted by Crippen LogP contribution is 2.33. The Morgan fingerprint density at radius 3 is 2.49 bits per heavy atom. The van der Waals surface area contributed by atoms with Crippen LogP contribution in [0.4, 0.5) is 27.3 Å². The zero-order valence-corrected chi connectivity index (χ0v) is 19.8. The van der Waals surface area contributed by atoms with Gasteiger partial charge in [-0.1, -0.05) is 35.9 Å². The van der Waals surface area contributed by atoms with Gasteiger partial charge >= 0.3 is 0 Å². The Balaban J connectivity index is 1.41. The molecule has 0 amide bonds. The highest BCUT2D eigenvalue weighted by Gasteiger charge is 2.11. The molecule has 0 fully saturated rings. The number of nitrogens with two attached hydrogens (primary N) is 1. The predicted octanol–water partition coefficient (Wildman–Crippen LogP) is 6.10. The Bertz CT molecular complexity index is 1290. The van der Waals surface area contributed by atoms with Gasteiger partial charge in [0, 0.05) is 58.4 Å². The molecule has 1 aromatic heterocycles. The maximum atomic E-state index is 13.4. The van der Waals surface area contributed by atoms with E-state index in [4.69, 9.17) is 17.3 Å². The molecular formula is C27H27ClFN5O. The fourth-order valence-electron chi connectivity index (χ4n) is 3.65. The first kappa shape index (κ1) is 24.3. The largest absolute Gasteiger partial charge is 0.507 e. The maximum Gasteiger partial charge on any atom is 0.128 e. The number of rotatable bonds is 10. The van der Waals surface area contributed by atoms with Gasteiger partial charge in [-0.3, -0.25) is 0 Å². The second-order valence-corrected chi connectivity index (χ2v) is 8.44. The third-order valence-corrected chi connectivity index (χ3v) is 5.73. The Kier molecular flexibility index (Phi) is 8.03. The molecule has 6 N–H and O–H groups in total. The smallest absolute Gasteiger partial charge is 0.128 e. The van der Waals surface area contributed by atoms with E-state index in [0.29, 0.717) is 45.6 Å². The number of nitrogens with zero attached hydrogens (tertiary/aromatic N) is 1. The number of aromatic hydroxyl groups is 1. The summed E-state index contributed by atoms with van der Waals surface area (Å²) in [6, 6.07) is 23.8. The summed E-state index contributed by atoms with van der Waals surface area (Å²) in [5, 5.41) is 20.8. The number of para-hydroxylation sites is 1. The van der Waals surface area contributed by atoms with E-state index >= 15 is 0 Å². The molecule has 4 rings (SSSR count). The first-order valence-electron chi connectivity index (χ1n) is 11.2. The summed E-state index contributed by atoms with van der Waals surface area (Å²) >= 11 is 5.97. The average Bonchev–Trinajstić information content (AvgIpc) is 2.87. The molecule has 0 radical (unpaired) electrons. The predicted molar refractivity (Wildman–Crippen MR) is 142 cm³/mol. The SMILES string of the molecule is Nc1nc(-c2cc(Nc3ccc(Cl)cc3CF)ccc2O)ccc1CNCCNc1ccccc1. The minimum Gasteiger partial charge on any atom is -0.507 e. The first-order chi connectivity index (χ1) is 17.0. The fourth-order valence-corrected chi connectivity index (χ4v) is 3.84. The van der Waals surface area contributed by atoms with Crippen molar-refractivity contribution < 1.29 is 9.50 Å². The molecule has 0 aliphatic rings. The Morgan fingerprint density at radius 1 is 0.886 bits per heavy atom. The van der Waals surface area contributed by atoms with Gasteiger partial charge in [0.25, 0.3) is 0 Å². The van der Waals surface area contributed by atoms with Crippen LogP contribution in [0.1, 0.15) is 11.1 Å². The molecule has 0 atom stereocenters. The quantitative estimate of drug-likeness (QED) is 0.136. The lowest BCUT2D eigenvalue weighted by molar-refractivity contribution is 0.477. The highest BCUT2D eigenvalue weighted by atomic mass is 35.5. The van der Waals surface area contributed by atoms with Crippen LogP contribution in [0.5, 0.6) is 5.75 Å². The number of aromatic nitrogens is 1. The summed E-state index contributed by atoms with van der Waals surface area (Å²) in [6.07, 6.45) is 0. The topological polar surface area (TPSA) is 95.2 Å². The van der Waals surface area contributed by atoms with Crippen molar-refractivity contribution in [3.63, 3.8) is 0 Å². The van der Waals surface area contributed by atoms with E-state index in [1.807, 2.05) is 42.5 Å². The van der Waals surface area contributed by atoms with E-state index in [2.05, 4.69) is 20.9 Å². The number of hydrogen-bond donors (Lipinski definition) is 5. The second-order valence-electron chi connectivity index (χ2n) is 8.00.